The van der Waals surface area contributed by atoms with Gasteiger partial charge < -0.3 is 14.8 Å². The molecule has 2 heterocycles. The zero-order chi connectivity index (χ0) is 25.1. The monoisotopic (exact) mass is 520 g/mol. The van der Waals surface area contributed by atoms with E-state index in [1.807, 2.05) is 60.7 Å². The lowest BCUT2D eigenvalue weighted by Crippen LogP contribution is -2.30. The molecule has 0 bridgehead atoms. The molecule has 36 heavy (non-hydrogen) atoms. The molecule has 4 aromatic rings. The summed E-state index contributed by atoms with van der Waals surface area (Å²) in [6.07, 6.45) is 1.46. The zero-order valence-corrected chi connectivity index (χ0v) is 20.8. The summed E-state index contributed by atoms with van der Waals surface area (Å²) in [5.41, 5.74) is 3.67. The average Bonchev–Trinajstić information content (AvgIpc) is 3.38. The van der Waals surface area contributed by atoms with Crippen LogP contribution in [0.4, 0.5) is 5.95 Å². The molecule has 182 valence electrons. The van der Waals surface area contributed by atoms with Crippen molar-refractivity contribution in [1.82, 2.24) is 14.8 Å². The van der Waals surface area contributed by atoms with Crippen molar-refractivity contribution in [3.8, 4) is 5.75 Å². The zero-order valence-electron chi connectivity index (χ0n) is 19.3. The number of carbonyl (C=O) groups is 1. The number of anilines is 1. The van der Waals surface area contributed by atoms with Crippen LogP contribution in [0.5, 0.6) is 5.75 Å². The highest BCUT2D eigenvalue weighted by Gasteiger charge is 2.36. The molecule has 3 aromatic carbocycles. The number of aromatic nitrogens is 3. The Morgan fingerprint density at radius 1 is 1.03 bits per heavy atom. The van der Waals surface area contributed by atoms with Crippen molar-refractivity contribution >= 4 is 40.8 Å². The molecular weight excluding hydrogens is 499 g/mol. The van der Waals surface area contributed by atoms with Gasteiger partial charge in [-0.1, -0.05) is 71.7 Å². The smallest absolute Gasteiger partial charge is 0.338 e. The lowest BCUT2D eigenvalue weighted by Gasteiger charge is -2.29. The summed E-state index contributed by atoms with van der Waals surface area (Å²) in [6.45, 7) is 2.37. The van der Waals surface area contributed by atoms with Crippen LogP contribution in [0.15, 0.2) is 84.7 Å². The summed E-state index contributed by atoms with van der Waals surface area (Å²) in [4.78, 5) is 17.6. The van der Waals surface area contributed by atoms with Crippen LogP contribution < -0.4 is 10.1 Å². The van der Waals surface area contributed by atoms with Crippen LogP contribution in [-0.4, -0.2) is 27.3 Å². The second-order valence-electron chi connectivity index (χ2n) is 8.04. The van der Waals surface area contributed by atoms with Crippen LogP contribution in [0, 0.1) is 0 Å². The lowest BCUT2D eigenvalue weighted by molar-refractivity contribution is -0.138. The molecule has 0 amide bonds. The maximum absolute atomic E-state index is 13.2. The second-order valence-corrected chi connectivity index (χ2v) is 8.85. The minimum atomic E-state index is -0.540. The highest BCUT2D eigenvalue weighted by atomic mass is 35.5. The SMILES string of the molecule is CCOC(=O)C1=C(c2ccccc2)Nc2ncnn2[C@H]1c1ccc(OCc2ccc(Cl)c(Cl)c2)cc1. The van der Waals surface area contributed by atoms with Gasteiger partial charge in [-0.15, -0.1) is 0 Å². The molecule has 9 heteroatoms. The van der Waals surface area contributed by atoms with E-state index in [4.69, 9.17) is 32.7 Å². The molecule has 7 nitrogen and oxygen atoms in total. The normalized spacial score (nSPS) is 14.7. The number of esters is 1. The fourth-order valence-electron chi connectivity index (χ4n) is 4.07. The van der Waals surface area contributed by atoms with E-state index in [9.17, 15) is 4.79 Å². The first-order chi connectivity index (χ1) is 17.5. The van der Waals surface area contributed by atoms with Crippen molar-refractivity contribution < 1.29 is 14.3 Å². The van der Waals surface area contributed by atoms with E-state index in [1.165, 1.54) is 6.33 Å². The van der Waals surface area contributed by atoms with Crippen LogP contribution >= 0.6 is 23.2 Å². The Morgan fingerprint density at radius 2 is 1.81 bits per heavy atom. The van der Waals surface area contributed by atoms with Crippen LogP contribution in [0.1, 0.15) is 29.7 Å². The van der Waals surface area contributed by atoms with Gasteiger partial charge in [0.25, 0.3) is 0 Å². The van der Waals surface area contributed by atoms with Crippen molar-refractivity contribution in [2.45, 2.75) is 19.6 Å². The number of nitrogens with one attached hydrogen (secondary N) is 1. The lowest BCUT2D eigenvalue weighted by atomic mass is 9.93. The molecule has 0 radical (unpaired) electrons. The molecule has 0 fully saturated rings. The predicted octanol–water partition coefficient (Wildman–Crippen LogP) is 6.15. The van der Waals surface area contributed by atoms with Gasteiger partial charge in [-0.2, -0.15) is 10.1 Å². The van der Waals surface area contributed by atoms with Crippen molar-refractivity contribution in [3.05, 3.63) is 111 Å². The van der Waals surface area contributed by atoms with E-state index in [0.29, 0.717) is 39.6 Å². The molecule has 0 unspecified atom stereocenters. The first kappa shape index (κ1) is 23.9. The van der Waals surface area contributed by atoms with E-state index >= 15 is 0 Å². The Balaban J connectivity index is 1.49. The summed E-state index contributed by atoms with van der Waals surface area (Å²) < 4.78 is 13.1. The van der Waals surface area contributed by atoms with E-state index < -0.39 is 12.0 Å². The van der Waals surface area contributed by atoms with Gasteiger partial charge in [-0.25, -0.2) is 9.48 Å². The molecule has 1 aliphatic heterocycles. The summed E-state index contributed by atoms with van der Waals surface area (Å²) in [5, 5.41) is 8.64. The minimum absolute atomic E-state index is 0.253. The summed E-state index contributed by atoms with van der Waals surface area (Å²) >= 11 is 12.1. The van der Waals surface area contributed by atoms with Crippen molar-refractivity contribution in [1.29, 1.82) is 0 Å². The Kier molecular flexibility index (Phi) is 6.93. The highest BCUT2D eigenvalue weighted by molar-refractivity contribution is 6.42. The van der Waals surface area contributed by atoms with Crippen LogP contribution in [-0.2, 0) is 16.1 Å². The number of carbonyl (C=O) groups excluding carboxylic acids is 1. The fraction of sp³-hybridized carbons (Fsp3) is 0.148. The molecule has 0 saturated heterocycles. The van der Waals surface area contributed by atoms with Gasteiger partial charge >= 0.3 is 5.97 Å². The Morgan fingerprint density at radius 3 is 2.53 bits per heavy atom. The van der Waals surface area contributed by atoms with E-state index in [1.54, 1.807) is 23.7 Å². The van der Waals surface area contributed by atoms with Gasteiger partial charge in [-0.3, -0.25) is 0 Å². The fourth-order valence-corrected chi connectivity index (χ4v) is 4.39. The van der Waals surface area contributed by atoms with Crippen LogP contribution in [0.3, 0.4) is 0 Å². The molecule has 1 N–H and O–H groups in total. The molecule has 1 atom stereocenters. The highest BCUT2D eigenvalue weighted by Crippen LogP contribution is 2.39. The van der Waals surface area contributed by atoms with Gasteiger partial charge in [0.15, 0.2) is 0 Å². The van der Waals surface area contributed by atoms with Crippen molar-refractivity contribution in [3.63, 3.8) is 0 Å². The van der Waals surface area contributed by atoms with Crippen LogP contribution in [0.25, 0.3) is 5.70 Å². The summed E-state index contributed by atoms with van der Waals surface area (Å²) in [6, 6.07) is 22.0. The second kappa shape index (κ2) is 10.4. The summed E-state index contributed by atoms with van der Waals surface area (Å²) in [5.74, 6) is 0.782. The molecule has 1 aromatic heterocycles. The molecule has 5 rings (SSSR count). The van der Waals surface area contributed by atoms with Gasteiger partial charge in [0.05, 0.1) is 27.9 Å². The van der Waals surface area contributed by atoms with Gasteiger partial charge in [0, 0.05) is 0 Å². The third kappa shape index (κ3) is 4.80. The number of halogens is 2. The molecule has 1 aliphatic rings. The van der Waals surface area contributed by atoms with E-state index in [-0.39, 0.29) is 6.61 Å². The quantitative estimate of drug-likeness (QED) is 0.294. The number of benzene rings is 3. The third-order valence-electron chi connectivity index (χ3n) is 5.74. The molecular formula is C27H22Cl2N4O3. The Hall–Kier alpha value is -3.81. The van der Waals surface area contributed by atoms with Crippen molar-refractivity contribution in [2.75, 3.05) is 11.9 Å². The first-order valence-corrected chi connectivity index (χ1v) is 12.1. The first-order valence-electron chi connectivity index (χ1n) is 11.3. The topological polar surface area (TPSA) is 78.3 Å². The third-order valence-corrected chi connectivity index (χ3v) is 6.48. The van der Waals surface area contributed by atoms with Crippen molar-refractivity contribution in [2.24, 2.45) is 0 Å². The average molecular weight is 521 g/mol. The predicted molar refractivity (Wildman–Crippen MR) is 139 cm³/mol. The Labute approximate surface area is 218 Å². The minimum Gasteiger partial charge on any atom is -0.489 e. The summed E-state index contributed by atoms with van der Waals surface area (Å²) in [7, 11) is 0. The van der Waals surface area contributed by atoms with Gasteiger partial charge in [0.1, 0.15) is 24.7 Å². The van der Waals surface area contributed by atoms with E-state index in [0.717, 1.165) is 16.7 Å². The number of ether oxygens (including phenoxy) is 2. The number of hydrogen-bond acceptors (Lipinski definition) is 6. The van der Waals surface area contributed by atoms with Crippen LogP contribution in [0.2, 0.25) is 10.0 Å². The number of fused-ring (bicyclic) bond motifs is 1. The standard InChI is InChI=1S/C27H22Cl2N4O3/c1-2-35-26(34)23-24(18-6-4-3-5-7-18)32-27-30-16-31-33(27)25(23)19-9-11-20(12-10-19)36-15-17-8-13-21(28)22(29)14-17/h3-14,16,25H,2,15H2,1H3,(H,30,31,32)/t25-/m0/s1. The number of nitrogens with zero attached hydrogens (tertiary/aromatic N) is 3. The number of rotatable bonds is 7. The molecule has 0 aliphatic carbocycles. The largest absolute Gasteiger partial charge is 0.489 e. The van der Waals surface area contributed by atoms with E-state index in [2.05, 4.69) is 15.4 Å². The maximum Gasteiger partial charge on any atom is 0.338 e. The van der Waals surface area contributed by atoms with Gasteiger partial charge in [-0.05, 0) is 47.9 Å². The number of hydrogen-bond donors (Lipinski definition) is 1. The molecule has 0 spiro atoms. The Bertz CT molecular complexity index is 1420. The molecule has 0 saturated carbocycles. The van der Waals surface area contributed by atoms with Gasteiger partial charge in [0.2, 0.25) is 5.95 Å². The maximum atomic E-state index is 13.2.